The van der Waals surface area contributed by atoms with E-state index < -0.39 is 37.9 Å². The molecule has 2 rings (SSSR count). The van der Waals surface area contributed by atoms with Crippen molar-refractivity contribution in [3.05, 3.63) is 32.6 Å². The Hall–Kier alpha value is -1.25. The van der Waals surface area contributed by atoms with E-state index >= 15 is 0 Å². The molecule has 1 aromatic rings. The molecule has 0 radical (unpaired) electrons. The van der Waals surface area contributed by atoms with Gasteiger partial charge >= 0.3 is 13.9 Å². The highest BCUT2D eigenvalue weighted by atomic mass is 31.1. The second kappa shape index (κ2) is 6.67. The number of rotatable bonds is 5. The lowest BCUT2D eigenvalue weighted by molar-refractivity contribution is -0.0416. The number of aliphatic hydroxyl groups is 1. The SMILES string of the molecule is CO[PH](=O)OC[C@H]1O[C@@H](n2cc(C)c(=O)[nH]c2=O)CC1O. The molecule has 1 saturated heterocycles. The molecule has 0 aromatic carbocycles. The molecule has 1 aliphatic heterocycles. The molecule has 9 nitrogen and oxygen atoms in total. The standard InChI is InChI=1S/C11H17N2O7P/c1-6-4-13(11(16)12-10(6)15)9-3-7(14)8(20-9)5-19-21(17)18-2/h4,7-9,14,21H,3,5H2,1-2H3,(H,12,15,16)/t7?,8-,9-/m1/s1. The van der Waals surface area contributed by atoms with E-state index in [1.165, 1.54) is 17.9 Å². The number of H-pyrrole nitrogens is 1. The lowest BCUT2D eigenvalue weighted by Crippen LogP contribution is -2.33. The molecule has 1 aliphatic rings. The molecular formula is C11H17N2O7P. The molecule has 0 spiro atoms. The summed E-state index contributed by atoms with van der Waals surface area (Å²) in [7, 11) is -1.35. The van der Waals surface area contributed by atoms with Gasteiger partial charge in [0.05, 0.1) is 12.7 Å². The van der Waals surface area contributed by atoms with Gasteiger partial charge < -0.3 is 18.9 Å². The Bertz CT molecular complexity index is 640. The lowest BCUT2D eigenvalue weighted by atomic mass is 10.2. The third kappa shape index (κ3) is 3.69. The Labute approximate surface area is 120 Å². The summed E-state index contributed by atoms with van der Waals surface area (Å²) in [5.41, 5.74) is -0.722. The van der Waals surface area contributed by atoms with Crippen LogP contribution in [0.15, 0.2) is 15.8 Å². The molecule has 2 heterocycles. The third-order valence-corrected chi connectivity index (χ3v) is 3.93. The number of ether oxygens (including phenoxy) is 1. The molecule has 0 saturated carbocycles. The minimum Gasteiger partial charge on any atom is -0.390 e. The molecule has 0 bridgehead atoms. The number of aryl methyl sites for hydroxylation is 1. The van der Waals surface area contributed by atoms with E-state index in [1.54, 1.807) is 6.92 Å². The van der Waals surface area contributed by atoms with Crippen molar-refractivity contribution in [1.29, 1.82) is 0 Å². The van der Waals surface area contributed by atoms with Gasteiger partial charge in [-0.15, -0.1) is 0 Å². The first-order valence-electron chi connectivity index (χ1n) is 6.28. The van der Waals surface area contributed by atoms with E-state index in [-0.39, 0.29) is 13.0 Å². The Balaban J connectivity index is 2.10. The normalized spacial score (nSPS) is 26.9. The van der Waals surface area contributed by atoms with E-state index in [1.807, 2.05) is 0 Å². The summed E-state index contributed by atoms with van der Waals surface area (Å²) >= 11 is 0. The first kappa shape index (κ1) is 16.1. The van der Waals surface area contributed by atoms with E-state index in [2.05, 4.69) is 9.51 Å². The average molecular weight is 320 g/mol. The van der Waals surface area contributed by atoms with E-state index in [0.717, 1.165) is 0 Å². The van der Waals surface area contributed by atoms with E-state index in [9.17, 15) is 19.3 Å². The summed E-state index contributed by atoms with van der Waals surface area (Å²) in [4.78, 5) is 25.2. The topological polar surface area (TPSA) is 120 Å². The highest BCUT2D eigenvalue weighted by Gasteiger charge is 2.36. The quantitative estimate of drug-likeness (QED) is 0.705. The molecular weight excluding hydrogens is 303 g/mol. The van der Waals surface area contributed by atoms with Crippen LogP contribution in [-0.4, -0.2) is 40.6 Å². The number of hydrogen-bond acceptors (Lipinski definition) is 7. The Morgan fingerprint density at radius 2 is 2.29 bits per heavy atom. The van der Waals surface area contributed by atoms with Gasteiger partial charge in [-0.25, -0.2) is 4.79 Å². The molecule has 0 aliphatic carbocycles. The lowest BCUT2D eigenvalue weighted by Gasteiger charge is -2.16. The summed E-state index contributed by atoms with van der Waals surface area (Å²) in [6.07, 6.45) is -0.784. The van der Waals surface area contributed by atoms with Crippen LogP contribution in [0.3, 0.4) is 0 Å². The summed E-state index contributed by atoms with van der Waals surface area (Å²) in [5.74, 6) is 0. The van der Waals surface area contributed by atoms with Gasteiger partial charge in [-0.1, -0.05) is 0 Å². The van der Waals surface area contributed by atoms with Crippen molar-refractivity contribution in [3.63, 3.8) is 0 Å². The van der Waals surface area contributed by atoms with Gasteiger partial charge in [-0.2, -0.15) is 0 Å². The molecule has 21 heavy (non-hydrogen) atoms. The van der Waals surface area contributed by atoms with Gasteiger partial charge in [0.2, 0.25) is 0 Å². The summed E-state index contributed by atoms with van der Waals surface area (Å²) in [6, 6.07) is 0. The van der Waals surface area contributed by atoms with Gasteiger partial charge in [0.25, 0.3) is 5.56 Å². The van der Waals surface area contributed by atoms with Crippen LogP contribution >= 0.6 is 8.25 Å². The molecule has 1 aromatic heterocycles. The molecule has 1 fully saturated rings. The van der Waals surface area contributed by atoms with E-state index in [4.69, 9.17) is 9.26 Å². The van der Waals surface area contributed by atoms with Crippen LogP contribution in [0.2, 0.25) is 0 Å². The van der Waals surface area contributed by atoms with E-state index in [0.29, 0.717) is 5.56 Å². The van der Waals surface area contributed by atoms with Crippen molar-refractivity contribution in [1.82, 2.24) is 9.55 Å². The maximum absolute atomic E-state index is 11.8. The van der Waals surface area contributed by atoms with Gasteiger partial charge in [-0.3, -0.25) is 18.9 Å². The summed E-state index contributed by atoms with van der Waals surface area (Å²) in [5, 5.41) is 9.90. The van der Waals surface area contributed by atoms with Gasteiger partial charge in [0, 0.05) is 25.3 Å². The van der Waals surface area contributed by atoms with Crippen molar-refractivity contribution in [3.8, 4) is 0 Å². The Kier molecular flexibility index (Phi) is 5.13. The van der Waals surface area contributed by atoms with Gasteiger partial charge in [-0.05, 0) is 6.92 Å². The van der Waals surface area contributed by atoms with Crippen molar-refractivity contribution in [2.24, 2.45) is 0 Å². The third-order valence-electron chi connectivity index (χ3n) is 3.19. The summed E-state index contributed by atoms with van der Waals surface area (Å²) < 4.78 is 27.2. The van der Waals surface area contributed by atoms with Crippen molar-refractivity contribution < 1.29 is 23.5 Å². The predicted octanol–water partition coefficient (Wildman–Crippen LogP) is -0.454. The van der Waals surface area contributed by atoms with Crippen LogP contribution in [-0.2, 0) is 18.3 Å². The van der Waals surface area contributed by atoms with Crippen LogP contribution in [0.5, 0.6) is 0 Å². The fourth-order valence-corrected chi connectivity index (χ4v) is 2.46. The minimum absolute atomic E-state index is 0.111. The first-order valence-corrected chi connectivity index (χ1v) is 7.51. The van der Waals surface area contributed by atoms with Crippen molar-refractivity contribution in [2.45, 2.75) is 31.8 Å². The maximum atomic E-state index is 11.8. The zero-order valence-electron chi connectivity index (χ0n) is 11.6. The predicted molar refractivity (Wildman–Crippen MR) is 72.6 cm³/mol. The second-order valence-corrected chi connectivity index (χ2v) is 5.87. The highest BCUT2D eigenvalue weighted by molar-refractivity contribution is 7.33. The van der Waals surface area contributed by atoms with Gasteiger partial charge in [0.15, 0.2) is 0 Å². The van der Waals surface area contributed by atoms with Crippen LogP contribution in [0, 0.1) is 6.92 Å². The van der Waals surface area contributed by atoms with Crippen molar-refractivity contribution >= 4 is 8.25 Å². The molecule has 4 atom stereocenters. The molecule has 2 unspecified atom stereocenters. The zero-order valence-corrected chi connectivity index (χ0v) is 12.6. The number of aliphatic hydroxyl groups excluding tert-OH is 1. The minimum atomic E-state index is -2.60. The maximum Gasteiger partial charge on any atom is 0.330 e. The van der Waals surface area contributed by atoms with Crippen LogP contribution in [0.1, 0.15) is 18.2 Å². The fraction of sp³-hybridized carbons (Fsp3) is 0.636. The molecule has 118 valence electrons. The number of aromatic nitrogens is 2. The average Bonchev–Trinajstić information content (AvgIpc) is 2.81. The number of aromatic amines is 1. The van der Waals surface area contributed by atoms with Crippen LogP contribution in [0.25, 0.3) is 0 Å². The smallest absolute Gasteiger partial charge is 0.330 e. The first-order chi connectivity index (χ1) is 9.92. The van der Waals surface area contributed by atoms with Gasteiger partial charge in [0.1, 0.15) is 12.3 Å². The Morgan fingerprint density at radius 1 is 1.57 bits per heavy atom. The fourth-order valence-electron chi connectivity index (χ4n) is 2.05. The number of nitrogens with one attached hydrogen (secondary N) is 1. The largest absolute Gasteiger partial charge is 0.390 e. The number of nitrogens with zero attached hydrogens (tertiary/aromatic N) is 1. The molecule has 10 heteroatoms. The monoisotopic (exact) mass is 320 g/mol. The van der Waals surface area contributed by atoms with Crippen molar-refractivity contribution in [2.75, 3.05) is 13.7 Å². The molecule has 2 N–H and O–H groups in total. The highest BCUT2D eigenvalue weighted by Crippen LogP contribution is 2.30. The zero-order chi connectivity index (χ0) is 15.6. The molecule has 0 amide bonds. The summed E-state index contributed by atoms with van der Waals surface area (Å²) in [6.45, 7) is 1.45. The van der Waals surface area contributed by atoms with Crippen LogP contribution < -0.4 is 11.2 Å². The van der Waals surface area contributed by atoms with Crippen LogP contribution in [0.4, 0.5) is 0 Å². The second-order valence-electron chi connectivity index (χ2n) is 4.68. The Morgan fingerprint density at radius 3 is 2.95 bits per heavy atom. The number of hydrogen-bond donors (Lipinski definition) is 2.